The van der Waals surface area contributed by atoms with Crippen LogP contribution in [0.15, 0.2) is 11.6 Å². The van der Waals surface area contributed by atoms with E-state index < -0.39 is 0 Å². The molecule has 0 radical (unpaired) electrons. The first-order valence-electron chi connectivity index (χ1n) is 13.3. The zero-order valence-corrected chi connectivity index (χ0v) is 21.0. The van der Waals surface area contributed by atoms with Gasteiger partial charge in [-0.1, -0.05) is 84.0 Å². The molecule has 0 saturated heterocycles. The Balaban J connectivity index is 2.49. The Morgan fingerprint density at radius 3 is 2.38 bits per heavy atom. The molecular formula is C28H47NO3. The second-order valence-electron chi connectivity index (χ2n) is 9.02. The van der Waals surface area contributed by atoms with Gasteiger partial charge < -0.3 is 10.1 Å². The standard InChI is InChI=1S/C28H47NO3/c1-4-7-9-11-12-14-18-24-23-26(30)25(19-15-10-8-5-2)28(24)32-22-17-13-16-20-27(31)29-21-6-3/h23,25,28H,4-13,15-17,19-22H2,1-3H3,(H,29,31)/t25-,28-/m0/s1. The zero-order valence-electron chi connectivity index (χ0n) is 21.0. The van der Waals surface area contributed by atoms with E-state index in [-0.39, 0.29) is 23.7 Å². The molecule has 0 spiro atoms. The lowest BCUT2D eigenvalue weighted by molar-refractivity contribution is -0.122. The van der Waals surface area contributed by atoms with Gasteiger partial charge in [-0.2, -0.15) is 0 Å². The molecule has 4 nitrogen and oxygen atoms in total. The van der Waals surface area contributed by atoms with Crippen LogP contribution in [0, 0.1) is 17.8 Å². The molecule has 2 atom stereocenters. The van der Waals surface area contributed by atoms with E-state index in [1.54, 1.807) is 6.08 Å². The van der Waals surface area contributed by atoms with Gasteiger partial charge in [0.2, 0.25) is 5.91 Å². The summed E-state index contributed by atoms with van der Waals surface area (Å²) in [5.74, 6) is 6.80. The lowest BCUT2D eigenvalue weighted by Crippen LogP contribution is -2.26. The highest BCUT2D eigenvalue weighted by Gasteiger charge is 2.35. The van der Waals surface area contributed by atoms with E-state index in [0.717, 1.165) is 63.5 Å². The Hall–Kier alpha value is -1.60. The maximum Gasteiger partial charge on any atom is 0.219 e. The van der Waals surface area contributed by atoms with Crippen molar-refractivity contribution in [2.45, 2.75) is 123 Å². The third-order valence-electron chi connectivity index (χ3n) is 6.01. The van der Waals surface area contributed by atoms with Gasteiger partial charge in [0.1, 0.15) is 6.10 Å². The number of hydrogen-bond acceptors (Lipinski definition) is 3. The molecule has 1 rings (SSSR count). The van der Waals surface area contributed by atoms with Crippen LogP contribution in [0.1, 0.15) is 117 Å². The summed E-state index contributed by atoms with van der Waals surface area (Å²) in [6.07, 6.45) is 17.1. The van der Waals surface area contributed by atoms with Gasteiger partial charge in [-0.15, -0.1) is 0 Å². The highest BCUT2D eigenvalue weighted by Crippen LogP contribution is 2.30. The van der Waals surface area contributed by atoms with Crippen molar-refractivity contribution in [3.05, 3.63) is 11.6 Å². The van der Waals surface area contributed by atoms with Crippen LogP contribution in [0.3, 0.4) is 0 Å². The first-order chi connectivity index (χ1) is 15.6. The average molecular weight is 446 g/mol. The van der Waals surface area contributed by atoms with Crippen LogP contribution in [0.2, 0.25) is 0 Å². The van der Waals surface area contributed by atoms with E-state index in [1.807, 2.05) is 0 Å². The summed E-state index contributed by atoms with van der Waals surface area (Å²) in [6, 6.07) is 0. The van der Waals surface area contributed by atoms with Crippen LogP contribution in [0.25, 0.3) is 0 Å². The largest absolute Gasteiger partial charge is 0.372 e. The molecule has 0 unspecified atom stereocenters. The van der Waals surface area contributed by atoms with Gasteiger partial charge >= 0.3 is 0 Å². The smallest absolute Gasteiger partial charge is 0.219 e. The number of carbonyl (C=O) groups is 2. The van der Waals surface area contributed by atoms with Gasteiger partial charge in [0.15, 0.2) is 5.78 Å². The molecule has 1 N–H and O–H groups in total. The third-order valence-corrected chi connectivity index (χ3v) is 6.01. The highest BCUT2D eigenvalue weighted by atomic mass is 16.5. The maximum atomic E-state index is 12.7. The number of ketones is 1. The number of rotatable bonds is 18. The molecule has 4 heteroatoms. The van der Waals surface area contributed by atoms with E-state index in [4.69, 9.17) is 4.74 Å². The summed E-state index contributed by atoms with van der Waals surface area (Å²) in [7, 11) is 0. The van der Waals surface area contributed by atoms with E-state index in [1.165, 1.54) is 38.5 Å². The maximum absolute atomic E-state index is 12.7. The number of ether oxygens (including phenoxy) is 1. The predicted octanol–water partition coefficient (Wildman–Crippen LogP) is 6.53. The zero-order chi connectivity index (χ0) is 23.4. The fourth-order valence-electron chi connectivity index (χ4n) is 4.04. The summed E-state index contributed by atoms with van der Waals surface area (Å²) in [6.45, 7) is 7.85. The van der Waals surface area contributed by atoms with Crippen LogP contribution in [-0.2, 0) is 14.3 Å². The lowest BCUT2D eigenvalue weighted by Gasteiger charge is -2.21. The van der Waals surface area contributed by atoms with Gasteiger partial charge in [-0.3, -0.25) is 9.59 Å². The Morgan fingerprint density at radius 1 is 0.938 bits per heavy atom. The lowest BCUT2D eigenvalue weighted by atomic mass is 9.94. The molecule has 0 aromatic heterocycles. The minimum Gasteiger partial charge on any atom is -0.372 e. The summed E-state index contributed by atoms with van der Waals surface area (Å²) in [5.41, 5.74) is 0.880. The molecule has 0 saturated carbocycles. The van der Waals surface area contributed by atoms with Gasteiger partial charge in [-0.25, -0.2) is 0 Å². The van der Waals surface area contributed by atoms with Crippen LogP contribution < -0.4 is 5.32 Å². The van der Waals surface area contributed by atoms with Crippen molar-refractivity contribution in [1.29, 1.82) is 0 Å². The van der Waals surface area contributed by atoms with E-state index in [2.05, 4.69) is 37.9 Å². The topological polar surface area (TPSA) is 55.4 Å². The van der Waals surface area contributed by atoms with Gasteiger partial charge in [0.25, 0.3) is 0 Å². The molecule has 0 bridgehead atoms. The molecule has 0 fully saturated rings. The number of amides is 1. The van der Waals surface area contributed by atoms with Crippen molar-refractivity contribution in [3.8, 4) is 11.8 Å². The molecule has 0 aliphatic heterocycles. The van der Waals surface area contributed by atoms with Crippen LogP contribution >= 0.6 is 0 Å². The second-order valence-corrected chi connectivity index (χ2v) is 9.02. The molecule has 32 heavy (non-hydrogen) atoms. The summed E-state index contributed by atoms with van der Waals surface area (Å²) in [5, 5.41) is 2.92. The van der Waals surface area contributed by atoms with Crippen molar-refractivity contribution < 1.29 is 14.3 Å². The van der Waals surface area contributed by atoms with Crippen molar-refractivity contribution >= 4 is 11.7 Å². The van der Waals surface area contributed by atoms with Gasteiger partial charge in [-0.05, 0) is 38.2 Å². The van der Waals surface area contributed by atoms with E-state index in [0.29, 0.717) is 13.0 Å². The molecule has 182 valence electrons. The van der Waals surface area contributed by atoms with E-state index >= 15 is 0 Å². The molecular weight excluding hydrogens is 398 g/mol. The van der Waals surface area contributed by atoms with Crippen LogP contribution in [-0.4, -0.2) is 30.9 Å². The fraction of sp³-hybridized carbons (Fsp3) is 0.786. The van der Waals surface area contributed by atoms with E-state index in [9.17, 15) is 9.59 Å². The van der Waals surface area contributed by atoms with Gasteiger partial charge in [0, 0.05) is 31.6 Å². The van der Waals surface area contributed by atoms with Crippen LogP contribution in [0.4, 0.5) is 0 Å². The Morgan fingerprint density at radius 2 is 1.66 bits per heavy atom. The molecule has 0 heterocycles. The second kappa shape index (κ2) is 18.9. The number of carbonyl (C=O) groups excluding carboxylic acids is 2. The number of hydrogen-bond donors (Lipinski definition) is 1. The van der Waals surface area contributed by atoms with Crippen molar-refractivity contribution in [2.24, 2.45) is 5.92 Å². The first kappa shape index (κ1) is 28.4. The molecule has 0 aromatic rings. The van der Waals surface area contributed by atoms with Crippen LogP contribution in [0.5, 0.6) is 0 Å². The monoisotopic (exact) mass is 445 g/mol. The predicted molar refractivity (Wildman–Crippen MR) is 133 cm³/mol. The Labute approximate surface area is 197 Å². The summed E-state index contributed by atoms with van der Waals surface area (Å²) in [4.78, 5) is 24.4. The van der Waals surface area contributed by atoms with Crippen molar-refractivity contribution in [1.82, 2.24) is 5.32 Å². The normalized spacial score (nSPS) is 17.7. The highest BCUT2D eigenvalue weighted by molar-refractivity contribution is 5.97. The molecule has 1 amide bonds. The minimum atomic E-state index is -0.180. The Kier molecular flexibility index (Phi) is 16.8. The van der Waals surface area contributed by atoms with Gasteiger partial charge in [0.05, 0.1) is 5.92 Å². The number of nitrogens with one attached hydrogen (secondary N) is 1. The third kappa shape index (κ3) is 12.4. The minimum absolute atomic E-state index is 0.0731. The average Bonchev–Trinajstić information content (AvgIpc) is 3.08. The fourth-order valence-corrected chi connectivity index (χ4v) is 4.04. The Bertz CT molecular complexity index is 614. The SMILES string of the molecule is CCCCCCC#CC1=CC(=O)[C@H](CCCCCC)[C@H]1OCCCCCC(=O)NCCC. The molecule has 1 aliphatic carbocycles. The van der Waals surface area contributed by atoms with Crippen molar-refractivity contribution in [2.75, 3.05) is 13.2 Å². The van der Waals surface area contributed by atoms with Crippen molar-refractivity contribution in [3.63, 3.8) is 0 Å². The summed E-state index contributed by atoms with van der Waals surface area (Å²) >= 11 is 0. The summed E-state index contributed by atoms with van der Waals surface area (Å²) < 4.78 is 6.23. The number of allylic oxidation sites excluding steroid dienone is 1. The molecule has 0 aromatic carbocycles. The quantitative estimate of drug-likeness (QED) is 0.193. The number of unbranched alkanes of at least 4 members (excludes halogenated alkanes) is 9. The first-order valence-corrected chi connectivity index (χ1v) is 13.3. The molecule has 1 aliphatic rings.